The summed E-state index contributed by atoms with van der Waals surface area (Å²) in [5.41, 5.74) is 4.78. The Bertz CT molecular complexity index is 1480. The smallest absolute Gasteiger partial charge is 0.407 e. The van der Waals surface area contributed by atoms with Gasteiger partial charge in [0.25, 0.3) is 0 Å². The van der Waals surface area contributed by atoms with Crippen LogP contribution in [0.5, 0.6) is 0 Å². The summed E-state index contributed by atoms with van der Waals surface area (Å²) < 4.78 is 16.2. The largest absolute Gasteiger partial charge is 0.481 e. The van der Waals surface area contributed by atoms with Gasteiger partial charge in [-0.3, -0.25) is 29.4 Å². The van der Waals surface area contributed by atoms with Crippen molar-refractivity contribution in [3.8, 4) is 0 Å². The number of carbonyl (C=O) groups excluding carboxylic acids is 5. The minimum Gasteiger partial charge on any atom is -0.481 e. The van der Waals surface area contributed by atoms with Crippen LogP contribution in [0.25, 0.3) is 0 Å². The van der Waals surface area contributed by atoms with E-state index in [1.165, 1.54) is 0 Å². The molecule has 19 nitrogen and oxygen atoms in total. The second kappa shape index (κ2) is 31.4. The number of aliphatic hydroxyl groups excluding tert-OH is 1. The number of likely N-dealkylation sites (N-methyl/N-ethyl adjacent to an activating group) is 1. The molecule has 1 rings (SSSR count). The molecule has 0 spiro atoms. The van der Waals surface area contributed by atoms with Gasteiger partial charge in [0, 0.05) is 39.3 Å². The fourth-order valence-electron chi connectivity index (χ4n) is 7.97. The number of aliphatic carboxylic acids is 1. The number of ether oxygens (including phenoxy) is 3. The molecule has 0 aliphatic heterocycles. The Kier molecular flexibility index (Phi) is 28.7. The minimum absolute atomic E-state index is 0.0706. The van der Waals surface area contributed by atoms with E-state index in [2.05, 4.69) is 45.3 Å². The van der Waals surface area contributed by atoms with E-state index in [9.17, 15) is 39.0 Å². The first-order valence-electron chi connectivity index (χ1n) is 24.8. The number of unbranched alkanes of at least 4 members (excludes halogenated alkanes) is 2. The van der Waals surface area contributed by atoms with E-state index in [1.54, 1.807) is 53.5 Å². The molecule has 1 aliphatic carbocycles. The van der Waals surface area contributed by atoms with Crippen molar-refractivity contribution in [1.82, 2.24) is 36.4 Å². The van der Waals surface area contributed by atoms with Crippen LogP contribution in [0.3, 0.4) is 0 Å². The second-order valence-corrected chi connectivity index (χ2v) is 20.7. The SMILES string of the molecule is CCCC[C@@H](C(=O)N(C)[C@@H](CC(C)C)C(O)N[C@H](C(=O)N[C@@H](CNC(=O)OC(C)(C)C)C(=O)NC[C@@H](COCCCNC(=O)OC(C)(C)C)C(=O)O)C1CCCCC1)N(CCCC)C[C@@H](C)N. The molecule has 390 valence electrons. The third-order valence-corrected chi connectivity index (χ3v) is 11.4. The number of amides is 5. The normalized spacial score (nSPS) is 16.8. The van der Waals surface area contributed by atoms with Gasteiger partial charge in [0.2, 0.25) is 17.7 Å². The molecule has 0 aromatic rings. The van der Waals surface area contributed by atoms with Crippen molar-refractivity contribution in [2.75, 3.05) is 53.0 Å². The van der Waals surface area contributed by atoms with Crippen LogP contribution in [0, 0.1) is 17.8 Å². The molecule has 19 heteroatoms. The lowest BCUT2D eigenvalue weighted by atomic mass is 9.83. The van der Waals surface area contributed by atoms with E-state index in [-0.39, 0.29) is 50.1 Å². The van der Waals surface area contributed by atoms with Gasteiger partial charge in [-0.2, -0.15) is 0 Å². The Morgan fingerprint density at radius 1 is 0.806 bits per heavy atom. The zero-order valence-electron chi connectivity index (χ0n) is 43.2. The van der Waals surface area contributed by atoms with E-state index in [0.717, 1.165) is 44.9 Å². The molecule has 7 atom stereocenters. The van der Waals surface area contributed by atoms with Gasteiger partial charge in [-0.15, -0.1) is 0 Å². The van der Waals surface area contributed by atoms with Crippen LogP contribution in [-0.2, 0) is 33.4 Å². The third-order valence-electron chi connectivity index (χ3n) is 11.4. The highest BCUT2D eigenvalue weighted by Gasteiger charge is 2.39. The van der Waals surface area contributed by atoms with Crippen molar-refractivity contribution >= 4 is 35.9 Å². The number of hydrogen-bond donors (Lipinski definition) is 8. The van der Waals surface area contributed by atoms with E-state index >= 15 is 0 Å². The molecule has 5 amide bonds. The number of rotatable bonds is 31. The zero-order chi connectivity index (χ0) is 50.9. The zero-order valence-corrected chi connectivity index (χ0v) is 43.2. The van der Waals surface area contributed by atoms with Gasteiger partial charge in [-0.1, -0.05) is 66.2 Å². The Morgan fingerprint density at radius 2 is 1.40 bits per heavy atom. The number of nitrogens with one attached hydrogen (secondary N) is 5. The quantitative estimate of drug-likeness (QED) is 0.0352. The monoisotopic (exact) mass is 957 g/mol. The van der Waals surface area contributed by atoms with Crippen molar-refractivity contribution in [3.63, 3.8) is 0 Å². The molecule has 1 saturated carbocycles. The van der Waals surface area contributed by atoms with Gasteiger partial charge in [-0.05, 0) is 105 Å². The van der Waals surface area contributed by atoms with Crippen LogP contribution < -0.4 is 32.3 Å². The maximum atomic E-state index is 14.6. The first kappa shape index (κ1) is 61.2. The van der Waals surface area contributed by atoms with Gasteiger partial charge in [0.05, 0.1) is 37.2 Å². The number of nitrogens with two attached hydrogens (primary N) is 1. The lowest BCUT2D eigenvalue weighted by Crippen LogP contribution is -2.63. The molecule has 1 unspecified atom stereocenters. The van der Waals surface area contributed by atoms with Crippen LogP contribution >= 0.6 is 0 Å². The van der Waals surface area contributed by atoms with Crippen LogP contribution in [0.1, 0.15) is 153 Å². The summed E-state index contributed by atoms with van der Waals surface area (Å²) in [6, 6.07) is -3.69. The molecule has 0 aromatic carbocycles. The molecule has 0 radical (unpaired) electrons. The van der Waals surface area contributed by atoms with Gasteiger partial charge in [0.15, 0.2) is 0 Å². The number of carboxylic acids is 1. The van der Waals surface area contributed by atoms with Crippen LogP contribution in [0.4, 0.5) is 9.59 Å². The van der Waals surface area contributed by atoms with Gasteiger partial charge in [-0.25, -0.2) is 9.59 Å². The standard InChI is InChI=1S/C48H92N8O11/c1-13-15-23-37(56(25-16-14-2)30-33(5)49)43(60)55(12)38(27-32(3)4)41(58)54-39(34-21-18-17-19-22-34)42(59)53-36(29-52-46(64)67-48(9,10)11)40(57)51-28-35(44(61)62)31-65-26-20-24-50-45(63)66-47(6,7)8/h32-39,41,54,58H,13-31,49H2,1-12H3,(H,50,63)(H,51,57)(H,52,64)(H,53,59)(H,61,62)/t33-,35+,36+,37+,38+,39+,41?/m1/s1. The van der Waals surface area contributed by atoms with E-state index in [0.29, 0.717) is 45.2 Å². The van der Waals surface area contributed by atoms with Crippen LogP contribution in [-0.4, -0.2) is 157 Å². The van der Waals surface area contributed by atoms with E-state index in [1.807, 2.05) is 20.8 Å². The fraction of sp³-hybridized carbons (Fsp3) is 0.875. The third kappa shape index (κ3) is 26.0. The molecule has 1 aliphatic rings. The lowest BCUT2D eigenvalue weighted by molar-refractivity contribution is -0.144. The Balaban J connectivity index is 3.40. The van der Waals surface area contributed by atoms with Crippen LogP contribution in [0.2, 0.25) is 0 Å². The molecule has 1 fully saturated rings. The summed E-state index contributed by atoms with van der Waals surface area (Å²) in [6.07, 6.45) is 6.35. The van der Waals surface area contributed by atoms with Crippen molar-refractivity contribution < 1.29 is 53.2 Å². The highest BCUT2D eigenvalue weighted by molar-refractivity contribution is 5.90. The molecule has 67 heavy (non-hydrogen) atoms. The van der Waals surface area contributed by atoms with Crippen molar-refractivity contribution in [2.45, 2.75) is 201 Å². The molecule has 0 saturated heterocycles. The average molecular weight is 957 g/mol. The molecule has 9 N–H and O–H groups in total. The molecule has 0 bridgehead atoms. The molecular weight excluding hydrogens is 865 g/mol. The Morgan fingerprint density at radius 3 is 1.94 bits per heavy atom. The van der Waals surface area contributed by atoms with E-state index in [4.69, 9.17) is 19.9 Å². The Hall–Kier alpha value is -3.78. The number of hydrogen-bond acceptors (Lipinski definition) is 13. The summed E-state index contributed by atoms with van der Waals surface area (Å²) in [5.74, 6) is -4.04. The van der Waals surface area contributed by atoms with Gasteiger partial charge in [0.1, 0.15) is 23.5 Å². The predicted molar refractivity (Wildman–Crippen MR) is 259 cm³/mol. The van der Waals surface area contributed by atoms with Crippen molar-refractivity contribution in [2.24, 2.45) is 23.5 Å². The fourth-order valence-corrected chi connectivity index (χ4v) is 7.97. The van der Waals surface area contributed by atoms with Crippen LogP contribution in [0.15, 0.2) is 0 Å². The average Bonchev–Trinajstić information content (AvgIpc) is 3.22. The summed E-state index contributed by atoms with van der Waals surface area (Å²) in [5, 5.41) is 35.9. The topological polar surface area (TPSA) is 263 Å². The Labute approximate surface area is 401 Å². The highest BCUT2D eigenvalue weighted by Crippen LogP contribution is 2.28. The first-order valence-corrected chi connectivity index (χ1v) is 24.8. The minimum atomic E-state index is -1.38. The predicted octanol–water partition coefficient (Wildman–Crippen LogP) is 4.48. The summed E-state index contributed by atoms with van der Waals surface area (Å²) in [6.45, 7) is 21.1. The summed E-state index contributed by atoms with van der Waals surface area (Å²) in [7, 11) is 1.71. The number of nitrogens with zero attached hydrogens (tertiary/aromatic N) is 2. The number of carboxylic acid groups (broad SMARTS) is 1. The number of aliphatic hydroxyl groups is 1. The second-order valence-electron chi connectivity index (χ2n) is 20.7. The summed E-state index contributed by atoms with van der Waals surface area (Å²) >= 11 is 0. The summed E-state index contributed by atoms with van der Waals surface area (Å²) in [4.78, 5) is 83.8. The van der Waals surface area contributed by atoms with Crippen molar-refractivity contribution in [1.29, 1.82) is 0 Å². The maximum Gasteiger partial charge on any atom is 0.407 e. The van der Waals surface area contributed by atoms with E-state index < -0.39 is 84.0 Å². The van der Waals surface area contributed by atoms with Gasteiger partial charge >= 0.3 is 18.2 Å². The maximum absolute atomic E-state index is 14.6. The number of alkyl carbamates (subject to hydrolysis) is 2. The molecule has 0 heterocycles. The molecular formula is C48H92N8O11. The van der Waals surface area contributed by atoms with Crippen molar-refractivity contribution in [3.05, 3.63) is 0 Å². The van der Waals surface area contributed by atoms with Gasteiger partial charge < -0.3 is 56.3 Å². The molecule has 0 aromatic heterocycles. The highest BCUT2D eigenvalue weighted by atomic mass is 16.6. The first-order chi connectivity index (χ1) is 31.3. The lowest BCUT2D eigenvalue weighted by Gasteiger charge is -2.41. The number of carbonyl (C=O) groups is 6.